The second kappa shape index (κ2) is 10.5. The Bertz CT molecular complexity index is 956. The van der Waals surface area contributed by atoms with Gasteiger partial charge in [0.2, 0.25) is 16.1 Å². The number of carbonyl (C=O) groups excluding carboxylic acids is 4. The summed E-state index contributed by atoms with van der Waals surface area (Å²) >= 11 is 6.20. The monoisotopic (exact) mass is 477 g/mol. The van der Waals surface area contributed by atoms with Gasteiger partial charge in [0, 0.05) is 5.38 Å². The summed E-state index contributed by atoms with van der Waals surface area (Å²) in [6.07, 6.45) is 0. The molecule has 0 bridgehead atoms. The van der Waals surface area contributed by atoms with Gasteiger partial charge >= 0.3 is 11.9 Å². The van der Waals surface area contributed by atoms with E-state index in [0.717, 1.165) is 11.3 Å². The van der Waals surface area contributed by atoms with Gasteiger partial charge in [0.1, 0.15) is 23.8 Å². The summed E-state index contributed by atoms with van der Waals surface area (Å²) < 4.78 is 10.5. The average Bonchev–Trinajstić information content (AvgIpc) is 2.99. The maximum atomic E-state index is 12.5. The molecule has 13 heteroatoms. The highest BCUT2D eigenvalue weighted by Gasteiger charge is 2.36. The highest BCUT2D eigenvalue weighted by atomic mass is 35.5. The van der Waals surface area contributed by atoms with Crippen molar-refractivity contribution in [2.24, 2.45) is 10.1 Å². The van der Waals surface area contributed by atoms with E-state index < -0.39 is 53.0 Å². The molecule has 1 aromatic rings. The number of carbonyl (C=O) groups is 4. The van der Waals surface area contributed by atoms with Gasteiger partial charge in [-0.2, -0.15) is 9.72 Å². The molecule has 1 heterocycles. The summed E-state index contributed by atoms with van der Waals surface area (Å²) in [6, 6.07) is 0. The number of thiazole rings is 1. The van der Waals surface area contributed by atoms with Crippen molar-refractivity contribution in [2.75, 3.05) is 12.5 Å². The number of hydrogen-bond acceptors (Lipinski definition) is 10. The smallest absolute Gasteiger partial charge is 0.363 e. The summed E-state index contributed by atoms with van der Waals surface area (Å²) in [7, 11) is 0. The van der Waals surface area contributed by atoms with Gasteiger partial charge in [-0.15, -0.1) is 22.9 Å². The fourth-order valence-electron chi connectivity index (χ4n) is 1.70. The molecule has 0 fully saturated rings. The number of halogens is 1. The van der Waals surface area contributed by atoms with Gasteiger partial charge in [-0.05, 0) is 41.5 Å². The number of alkyl halides is 1. The fraction of sp³-hybridized carbons (Fsp3) is 0.556. The third-order valence-corrected chi connectivity index (χ3v) is 4.16. The first-order chi connectivity index (χ1) is 14.2. The van der Waals surface area contributed by atoms with E-state index in [9.17, 15) is 24.4 Å². The molecule has 11 nitrogen and oxygen atoms in total. The Kier molecular flexibility index (Phi) is 8.94. The van der Waals surface area contributed by atoms with Gasteiger partial charge < -0.3 is 19.5 Å². The molecule has 0 unspecified atom stereocenters. The average molecular weight is 478 g/mol. The van der Waals surface area contributed by atoms with Crippen LogP contribution in [0.15, 0.2) is 15.5 Å². The van der Waals surface area contributed by atoms with E-state index in [1.54, 1.807) is 20.8 Å². The number of hydrogen-bond donors (Lipinski definition) is 1. The van der Waals surface area contributed by atoms with E-state index >= 15 is 0 Å². The van der Waals surface area contributed by atoms with E-state index in [1.807, 2.05) is 0 Å². The van der Waals surface area contributed by atoms with E-state index in [-0.39, 0.29) is 10.5 Å². The van der Waals surface area contributed by atoms with Gasteiger partial charge in [-0.3, -0.25) is 9.59 Å². The number of rotatable bonds is 8. The van der Waals surface area contributed by atoms with Crippen LogP contribution >= 0.6 is 22.9 Å². The molecule has 31 heavy (non-hydrogen) atoms. The lowest BCUT2D eigenvalue weighted by Gasteiger charge is -2.26. The van der Waals surface area contributed by atoms with Gasteiger partial charge in [0.05, 0.1) is 0 Å². The van der Waals surface area contributed by atoms with E-state index in [4.69, 9.17) is 25.9 Å². The summed E-state index contributed by atoms with van der Waals surface area (Å²) in [5.41, 5.74) is -3.23. The first-order valence-electron chi connectivity index (χ1n) is 8.88. The SMILES string of the molecule is CC(=O)COC(=O)/C(=N\OC(C)(C)C(=O)OC(C)(C)C)c1csc(=NC(=O)CCl)n1O. The number of ether oxygens (including phenoxy) is 2. The van der Waals surface area contributed by atoms with Crippen molar-refractivity contribution in [3.05, 3.63) is 15.9 Å². The Morgan fingerprint density at radius 3 is 2.32 bits per heavy atom. The molecule has 0 aliphatic rings. The third-order valence-electron chi connectivity index (χ3n) is 3.12. The molecule has 172 valence electrons. The fourth-order valence-corrected chi connectivity index (χ4v) is 2.54. The van der Waals surface area contributed by atoms with Crippen molar-refractivity contribution in [3.63, 3.8) is 0 Å². The molecule has 0 aliphatic carbocycles. The van der Waals surface area contributed by atoms with Crippen LogP contribution in [0.3, 0.4) is 0 Å². The van der Waals surface area contributed by atoms with Crippen LogP contribution in [0.2, 0.25) is 0 Å². The van der Waals surface area contributed by atoms with Crippen LogP contribution in [0.4, 0.5) is 0 Å². The summed E-state index contributed by atoms with van der Waals surface area (Å²) in [4.78, 5) is 56.0. The van der Waals surface area contributed by atoms with Crippen LogP contribution < -0.4 is 4.80 Å². The van der Waals surface area contributed by atoms with Gasteiger partial charge in [0.15, 0.2) is 5.78 Å². The Morgan fingerprint density at radius 2 is 1.81 bits per heavy atom. The second-order valence-electron chi connectivity index (χ2n) is 7.68. The lowest BCUT2D eigenvalue weighted by atomic mass is 10.1. The van der Waals surface area contributed by atoms with Crippen molar-refractivity contribution >= 4 is 52.3 Å². The van der Waals surface area contributed by atoms with Gasteiger partial charge in [0.25, 0.3) is 5.91 Å². The maximum Gasteiger partial charge on any atom is 0.363 e. The lowest BCUT2D eigenvalue weighted by molar-refractivity contribution is -0.179. The molecule has 1 N–H and O–H groups in total. The normalized spacial score (nSPS) is 13.0. The van der Waals surface area contributed by atoms with Crippen molar-refractivity contribution in [1.82, 2.24) is 4.73 Å². The molecule has 1 amide bonds. The van der Waals surface area contributed by atoms with Gasteiger partial charge in [-0.1, -0.05) is 5.16 Å². The minimum absolute atomic E-state index is 0.195. The Morgan fingerprint density at radius 1 is 1.19 bits per heavy atom. The highest BCUT2D eigenvalue weighted by molar-refractivity contribution is 7.07. The summed E-state index contributed by atoms with van der Waals surface area (Å²) in [5.74, 6) is -3.45. The maximum absolute atomic E-state index is 12.5. The Balaban J connectivity index is 3.35. The minimum atomic E-state index is -1.61. The van der Waals surface area contributed by atoms with Crippen molar-refractivity contribution in [1.29, 1.82) is 0 Å². The number of esters is 2. The zero-order valence-electron chi connectivity index (χ0n) is 17.9. The number of ketones is 1. The van der Waals surface area contributed by atoms with Crippen LogP contribution in [0.1, 0.15) is 47.2 Å². The first kappa shape index (κ1) is 26.3. The molecule has 1 aromatic heterocycles. The number of amides is 1. The predicted molar refractivity (Wildman–Crippen MR) is 110 cm³/mol. The first-order valence-corrected chi connectivity index (χ1v) is 10.3. The van der Waals surface area contributed by atoms with Crippen molar-refractivity contribution < 1.29 is 38.7 Å². The van der Waals surface area contributed by atoms with Crippen molar-refractivity contribution in [2.45, 2.75) is 52.7 Å². The lowest BCUT2D eigenvalue weighted by Crippen LogP contribution is -2.40. The molecular weight excluding hydrogens is 454 g/mol. The molecule has 1 rings (SSSR count). The molecule has 0 saturated carbocycles. The van der Waals surface area contributed by atoms with E-state index in [0.29, 0.717) is 4.73 Å². The Labute approximate surface area is 187 Å². The van der Waals surface area contributed by atoms with Crippen LogP contribution in [0, 0.1) is 0 Å². The van der Waals surface area contributed by atoms with Crippen LogP contribution in [-0.4, -0.2) is 63.0 Å². The molecular formula is C18H24ClN3O8S. The quantitative estimate of drug-likeness (QED) is 0.194. The highest BCUT2D eigenvalue weighted by Crippen LogP contribution is 2.18. The minimum Gasteiger partial charge on any atom is -0.457 e. The number of oxime groups is 1. The number of aromatic nitrogens is 1. The van der Waals surface area contributed by atoms with E-state index in [2.05, 4.69) is 10.1 Å². The molecule has 0 aliphatic heterocycles. The number of Topliss-reactive ketones (excluding diaryl/α,β-unsaturated/α-hetero) is 1. The molecule has 0 spiro atoms. The standard InChI is InChI=1S/C18H24ClN3O8S/c1-10(23)8-28-14(25)13(11-9-31-16(22(11)27)20-12(24)7-19)21-30-18(5,6)15(26)29-17(2,3)4/h9,27H,7-8H2,1-6H3/b20-16?,21-13-. The Hall–Kier alpha value is -2.73. The second-order valence-corrected chi connectivity index (χ2v) is 8.78. The topological polar surface area (TPSA) is 146 Å². The van der Waals surface area contributed by atoms with Crippen molar-refractivity contribution in [3.8, 4) is 0 Å². The molecule has 0 aromatic carbocycles. The largest absolute Gasteiger partial charge is 0.457 e. The van der Waals surface area contributed by atoms with Gasteiger partial charge in [-0.25, -0.2) is 9.59 Å². The summed E-state index contributed by atoms with van der Waals surface area (Å²) in [6.45, 7) is 8.39. The van der Waals surface area contributed by atoms with Crippen LogP contribution in [-0.2, 0) is 33.5 Å². The molecule has 0 atom stereocenters. The number of nitrogens with zero attached hydrogens (tertiary/aromatic N) is 3. The predicted octanol–water partition coefficient (Wildman–Crippen LogP) is 1.43. The summed E-state index contributed by atoms with van der Waals surface area (Å²) in [5, 5.41) is 15.2. The van der Waals surface area contributed by atoms with E-state index in [1.165, 1.54) is 26.2 Å². The molecule has 0 saturated heterocycles. The zero-order chi connectivity index (χ0) is 24.0. The van der Waals surface area contributed by atoms with Crippen LogP contribution in [0.5, 0.6) is 0 Å². The zero-order valence-corrected chi connectivity index (χ0v) is 19.5. The molecule has 0 radical (unpaired) electrons. The van der Waals surface area contributed by atoms with Crippen LogP contribution in [0.25, 0.3) is 0 Å². The third kappa shape index (κ3) is 8.13.